The zero-order chi connectivity index (χ0) is 21.5. The number of phenols is 1. The Morgan fingerprint density at radius 2 is 1.42 bits per heavy atom. The highest BCUT2D eigenvalue weighted by molar-refractivity contribution is 5.87. The molecule has 0 saturated carbocycles. The van der Waals surface area contributed by atoms with Crippen LogP contribution in [0.15, 0.2) is 72.8 Å². The first-order chi connectivity index (χ1) is 15.0. The number of aliphatic carboxylic acids is 1. The molecule has 5 heteroatoms. The minimum absolute atomic E-state index is 0.0690. The second-order valence-corrected chi connectivity index (χ2v) is 8.40. The molecule has 31 heavy (non-hydrogen) atoms. The van der Waals surface area contributed by atoms with Crippen LogP contribution in [0, 0.1) is 5.92 Å². The maximum Gasteiger partial charge on any atom is 0.326 e. The number of phenolic OH excluding ortho intramolecular Hbond substituents is 1. The number of hydrogen-bond donors (Lipinski definition) is 3. The molecular formula is C26H23NO4. The molecule has 3 aliphatic carbocycles. The Hall–Kier alpha value is -3.60. The lowest BCUT2D eigenvalue weighted by Gasteiger charge is -2.45. The molecule has 0 radical (unpaired) electrons. The average molecular weight is 413 g/mol. The predicted octanol–water partition coefficient (Wildman–Crippen LogP) is 3.80. The summed E-state index contributed by atoms with van der Waals surface area (Å²) >= 11 is 0. The fourth-order valence-electron chi connectivity index (χ4n) is 5.24. The smallest absolute Gasteiger partial charge is 0.326 e. The Morgan fingerprint density at radius 3 is 1.97 bits per heavy atom. The van der Waals surface area contributed by atoms with E-state index >= 15 is 0 Å². The Balaban J connectivity index is 1.43. The van der Waals surface area contributed by atoms with Gasteiger partial charge in [0, 0.05) is 24.2 Å². The van der Waals surface area contributed by atoms with Crippen LogP contribution in [0.5, 0.6) is 5.75 Å². The monoisotopic (exact) mass is 413 g/mol. The number of carbonyl (C=O) groups excluding carboxylic acids is 1. The van der Waals surface area contributed by atoms with Gasteiger partial charge in [-0.05, 0) is 46.4 Å². The third-order valence-corrected chi connectivity index (χ3v) is 6.63. The minimum atomic E-state index is -1.07. The van der Waals surface area contributed by atoms with Crippen molar-refractivity contribution in [3.8, 4) is 5.75 Å². The van der Waals surface area contributed by atoms with Crippen LogP contribution in [0.2, 0.25) is 0 Å². The molecule has 2 atom stereocenters. The van der Waals surface area contributed by atoms with Gasteiger partial charge in [0.05, 0.1) is 0 Å². The van der Waals surface area contributed by atoms with Gasteiger partial charge in [-0.15, -0.1) is 0 Å². The van der Waals surface area contributed by atoms with E-state index in [-0.39, 0.29) is 35.8 Å². The summed E-state index contributed by atoms with van der Waals surface area (Å²) in [5.41, 5.74) is 5.63. The number of nitrogens with one attached hydrogen (secondary N) is 1. The number of amides is 1. The molecule has 156 valence electrons. The van der Waals surface area contributed by atoms with Gasteiger partial charge in [0.1, 0.15) is 11.8 Å². The van der Waals surface area contributed by atoms with Crippen LogP contribution in [0.1, 0.15) is 46.1 Å². The molecule has 2 bridgehead atoms. The third-order valence-electron chi connectivity index (χ3n) is 6.63. The molecule has 2 unspecified atom stereocenters. The maximum atomic E-state index is 13.4. The maximum absolute atomic E-state index is 13.4. The largest absolute Gasteiger partial charge is 0.508 e. The molecule has 3 N–H and O–H groups in total. The van der Waals surface area contributed by atoms with Crippen molar-refractivity contribution >= 4 is 11.9 Å². The van der Waals surface area contributed by atoms with E-state index in [1.54, 1.807) is 12.1 Å². The highest BCUT2D eigenvalue weighted by Gasteiger charge is 2.46. The number of carbonyl (C=O) groups is 2. The quantitative estimate of drug-likeness (QED) is 0.594. The Kier molecular flexibility index (Phi) is 4.74. The Labute approximate surface area is 180 Å². The second kappa shape index (κ2) is 7.58. The van der Waals surface area contributed by atoms with Crippen LogP contribution in [0.25, 0.3) is 0 Å². The summed E-state index contributed by atoms with van der Waals surface area (Å²) in [4.78, 5) is 25.2. The van der Waals surface area contributed by atoms with Crippen LogP contribution >= 0.6 is 0 Å². The van der Waals surface area contributed by atoms with Gasteiger partial charge in [-0.3, -0.25) is 4.79 Å². The van der Waals surface area contributed by atoms with Crippen LogP contribution in [0.3, 0.4) is 0 Å². The molecule has 0 heterocycles. The van der Waals surface area contributed by atoms with Crippen molar-refractivity contribution in [2.75, 3.05) is 0 Å². The summed E-state index contributed by atoms with van der Waals surface area (Å²) in [6.07, 6.45) is 0.839. The SMILES string of the molecule is O=C(O)C(Cc1ccc(O)cc1)NC(=O)C1CC2c3ccccc3C1c1ccccc12. The first-order valence-corrected chi connectivity index (χ1v) is 10.5. The molecule has 6 rings (SSSR count). The fourth-order valence-corrected chi connectivity index (χ4v) is 5.24. The van der Waals surface area contributed by atoms with Crippen molar-refractivity contribution in [2.45, 2.75) is 30.7 Å². The van der Waals surface area contributed by atoms with E-state index in [0.29, 0.717) is 6.42 Å². The molecule has 1 amide bonds. The standard InChI is InChI=1S/C26H23NO4/c28-16-11-9-15(10-12-16)13-23(26(30)31)27-25(29)22-14-21-17-5-1-3-7-19(17)24(22)20-8-4-2-6-18(20)21/h1-12,21-24,28H,13-14H2,(H,27,29)(H,30,31). The lowest BCUT2D eigenvalue weighted by molar-refractivity contribution is -0.142. The number of carboxylic acid groups (broad SMARTS) is 1. The molecule has 3 aromatic carbocycles. The Bertz CT molecular complexity index is 1110. The molecule has 0 spiro atoms. The van der Waals surface area contributed by atoms with Gasteiger partial charge >= 0.3 is 5.97 Å². The summed E-state index contributed by atoms with van der Waals surface area (Å²) < 4.78 is 0. The normalized spacial score (nSPS) is 21.6. The molecule has 0 fully saturated rings. The first kappa shape index (κ1) is 19.4. The summed E-state index contributed by atoms with van der Waals surface area (Å²) in [5, 5.41) is 22.0. The van der Waals surface area contributed by atoms with Gasteiger partial charge in [0.15, 0.2) is 0 Å². The molecule has 3 aliphatic rings. The third kappa shape index (κ3) is 3.36. The van der Waals surface area contributed by atoms with Gasteiger partial charge in [0.25, 0.3) is 0 Å². The molecular weight excluding hydrogens is 390 g/mol. The lowest BCUT2D eigenvalue weighted by atomic mass is 9.59. The highest BCUT2D eigenvalue weighted by Crippen LogP contribution is 2.55. The molecule has 0 aromatic heterocycles. The van der Waals surface area contributed by atoms with Crippen molar-refractivity contribution in [2.24, 2.45) is 5.92 Å². The number of fused-ring (bicyclic) bond motifs is 1. The summed E-state index contributed by atoms with van der Waals surface area (Å²) in [6.45, 7) is 0. The molecule has 3 aromatic rings. The van der Waals surface area contributed by atoms with Gasteiger partial charge in [0.2, 0.25) is 5.91 Å². The second-order valence-electron chi connectivity index (χ2n) is 8.40. The van der Waals surface area contributed by atoms with Crippen molar-refractivity contribution in [1.82, 2.24) is 5.32 Å². The number of benzene rings is 3. The van der Waals surface area contributed by atoms with E-state index in [1.807, 2.05) is 24.3 Å². The highest BCUT2D eigenvalue weighted by atomic mass is 16.4. The Morgan fingerprint density at radius 1 is 0.871 bits per heavy atom. The van der Waals surface area contributed by atoms with Gasteiger partial charge < -0.3 is 15.5 Å². The lowest BCUT2D eigenvalue weighted by Crippen LogP contribution is -2.48. The van der Waals surface area contributed by atoms with E-state index in [1.165, 1.54) is 34.4 Å². The summed E-state index contributed by atoms with van der Waals surface area (Å²) in [7, 11) is 0. The van der Waals surface area contributed by atoms with Crippen molar-refractivity contribution < 1.29 is 19.8 Å². The van der Waals surface area contributed by atoms with E-state index in [2.05, 4.69) is 29.6 Å². The van der Waals surface area contributed by atoms with Gasteiger partial charge in [-0.25, -0.2) is 4.79 Å². The number of aromatic hydroxyl groups is 1. The summed E-state index contributed by atoms with van der Waals surface area (Å²) in [5.74, 6) is -1.39. The summed E-state index contributed by atoms with van der Waals surface area (Å²) in [6, 6.07) is 21.9. The first-order valence-electron chi connectivity index (χ1n) is 10.5. The zero-order valence-corrected chi connectivity index (χ0v) is 16.9. The van der Waals surface area contributed by atoms with Gasteiger partial charge in [-0.2, -0.15) is 0 Å². The van der Waals surface area contributed by atoms with Crippen molar-refractivity contribution in [3.63, 3.8) is 0 Å². The number of rotatable bonds is 5. The van der Waals surface area contributed by atoms with E-state index < -0.39 is 12.0 Å². The van der Waals surface area contributed by atoms with Gasteiger partial charge in [-0.1, -0.05) is 60.7 Å². The molecule has 5 nitrogen and oxygen atoms in total. The van der Waals surface area contributed by atoms with Crippen LogP contribution < -0.4 is 5.32 Å². The van der Waals surface area contributed by atoms with Crippen LogP contribution in [0.4, 0.5) is 0 Å². The topological polar surface area (TPSA) is 86.6 Å². The fraction of sp³-hybridized carbons (Fsp3) is 0.231. The van der Waals surface area contributed by atoms with E-state index in [9.17, 15) is 19.8 Å². The zero-order valence-electron chi connectivity index (χ0n) is 16.9. The average Bonchev–Trinajstić information content (AvgIpc) is 2.80. The molecule has 0 aliphatic heterocycles. The molecule has 0 saturated heterocycles. The van der Waals surface area contributed by atoms with E-state index in [4.69, 9.17) is 0 Å². The number of carboxylic acids is 1. The van der Waals surface area contributed by atoms with E-state index in [0.717, 1.165) is 5.56 Å². The van der Waals surface area contributed by atoms with Crippen LogP contribution in [-0.4, -0.2) is 28.1 Å². The predicted molar refractivity (Wildman–Crippen MR) is 116 cm³/mol. The minimum Gasteiger partial charge on any atom is -0.508 e. The number of hydrogen-bond acceptors (Lipinski definition) is 3. The van der Waals surface area contributed by atoms with Crippen molar-refractivity contribution in [3.05, 3.63) is 101 Å². The van der Waals surface area contributed by atoms with Crippen molar-refractivity contribution in [1.29, 1.82) is 0 Å². The van der Waals surface area contributed by atoms with Crippen LogP contribution in [-0.2, 0) is 16.0 Å².